The summed E-state index contributed by atoms with van der Waals surface area (Å²) in [4.78, 5) is 13.8. The molecule has 0 bridgehead atoms. The van der Waals surface area contributed by atoms with Crippen molar-refractivity contribution in [2.75, 3.05) is 13.1 Å². The second kappa shape index (κ2) is 3.61. The number of nitrogens with zero attached hydrogens (tertiary/aromatic N) is 2. The molecule has 0 radical (unpaired) electrons. The molecule has 0 N–H and O–H groups in total. The number of carbonyl (C=O) groups is 1. The number of aryl methyl sites for hydroxylation is 2. The second-order valence-electron chi connectivity index (χ2n) is 4.85. The van der Waals surface area contributed by atoms with Gasteiger partial charge in [0.05, 0.1) is 6.54 Å². The lowest BCUT2D eigenvalue weighted by atomic mass is 10.1. The zero-order valence-electron chi connectivity index (χ0n) is 9.96. The monoisotopic (exact) mass is 224 g/mol. The molecule has 16 heavy (non-hydrogen) atoms. The molecule has 1 aliphatic rings. The van der Waals surface area contributed by atoms with Crippen molar-refractivity contribution in [2.45, 2.75) is 25.9 Å². The van der Waals surface area contributed by atoms with Gasteiger partial charge in [0, 0.05) is 26.2 Å². The molecule has 4 heteroatoms. The highest BCUT2D eigenvalue weighted by atomic mass is 19.1. The van der Waals surface area contributed by atoms with Gasteiger partial charge in [-0.1, -0.05) is 0 Å². The fourth-order valence-electron chi connectivity index (χ4n) is 2.22. The number of hydrogen-bond acceptors (Lipinski definition) is 1. The lowest BCUT2D eigenvalue weighted by Gasteiger charge is -2.18. The van der Waals surface area contributed by atoms with E-state index in [1.807, 2.05) is 26.2 Å². The first-order valence-electron chi connectivity index (χ1n) is 5.51. The smallest absolute Gasteiger partial charge is 0.270 e. The van der Waals surface area contributed by atoms with Crippen molar-refractivity contribution >= 4 is 5.91 Å². The average Bonchev–Trinajstić information content (AvgIpc) is 2.70. The van der Waals surface area contributed by atoms with Crippen molar-refractivity contribution in [3.05, 3.63) is 23.5 Å². The van der Waals surface area contributed by atoms with Crippen LogP contribution in [0.3, 0.4) is 0 Å². The Morgan fingerprint density at radius 3 is 2.69 bits per heavy atom. The average molecular weight is 224 g/mol. The summed E-state index contributed by atoms with van der Waals surface area (Å²) in [5.74, 6) is -0.0635. The van der Waals surface area contributed by atoms with E-state index in [0.29, 0.717) is 18.7 Å². The summed E-state index contributed by atoms with van der Waals surface area (Å²) in [5.41, 5.74) is 0.381. The summed E-state index contributed by atoms with van der Waals surface area (Å²) in [6, 6.07) is 1.90. The largest absolute Gasteiger partial charge is 0.346 e. The molecule has 1 aliphatic heterocycles. The quantitative estimate of drug-likeness (QED) is 0.715. The molecular weight excluding hydrogens is 207 g/mol. The van der Waals surface area contributed by atoms with Gasteiger partial charge in [-0.3, -0.25) is 4.79 Å². The molecule has 1 amide bonds. The van der Waals surface area contributed by atoms with Gasteiger partial charge in [-0.25, -0.2) is 4.39 Å². The summed E-state index contributed by atoms with van der Waals surface area (Å²) in [7, 11) is 1.84. The summed E-state index contributed by atoms with van der Waals surface area (Å²) < 4.78 is 15.5. The molecule has 2 heterocycles. The van der Waals surface area contributed by atoms with Gasteiger partial charge in [0.15, 0.2) is 0 Å². The van der Waals surface area contributed by atoms with E-state index in [0.717, 1.165) is 5.56 Å². The molecule has 0 unspecified atom stereocenters. The molecule has 1 atom stereocenters. The lowest BCUT2D eigenvalue weighted by molar-refractivity contribution is 0.0750. The van der Waals surface area contributed by atoms with E-state index < -0.39 is 5.67 Å². The van der Waals surface area contributed by atoms with Gasteiger partial charge in [-0.15, -0.1) is 0 Å². The van der Waals surface area contributed by atoms with Crippen LogP contribution in [-0.4, -0.2) is 34.1 Å². The molecule has 3 nitrogen and oxygen atoms in total. The predicted octanol–water partition coefficient (Wildman–Crippen LogP) is 1.91. The molecule has 1 saturated heterocycles. The second-order valence-corrected chi connectivity index (χ2v) is 4.85. The van der Waals surface area contributed by atoms with E-state index in [1.54, 1.807) is 16.4 Å². The molecule has 0 saturated carbocycles. The molecule has 0 aromatic carbocycles. The van der Waals surface area contributed by atoms with Crippen LogP contribution in [-0.2, 0) is 7.05 Å². The summed E-state index contributed by atoms with van der Waals surface area (Å²) in [6.45, 7) is 4.17. The number of likely N-dealkylation sites (tertiary alicyclic amines) is 1. The van der Waals surface area contributed by atoms with Gasteiger partial charge in [0.2, 0.25) is 0 Å². The lowest BCUT2D eigenvalue weighted by Crippen LogP contribution is -2.33. The van der Waals surface area contributed by atoms with Gasteiger partial charge in [0.1, 0.15) is 11.4 Å². The number of alkyl halides is 1. The molecular formula is C12H17FN2O. The van der Waals surface area contributed by atoms with Crippen LogP contribution in [0.2, 0.25) is 0 Å². The fourth-order valence-corrected chi connectivity index (χ4v) is 2.22. The molecule has 1 aromatic rings. The minimum Gasteiger partial charge on any atom is -0.346 e. The van der Waals surface area contributed by atoms with Crippen molar-refractivity contribution < 1.29 is 9.18 Å². The van der Waals surface area contributed by atoms with Gasteiger partial charge in [0.25, 0.3) is 5.91 Å². The number of rotatable bonds is 1. The van der Waals surface area contributed by atoms with Crippen molar-refractivity contribution in [1.82, 2.24) is 9.47 Å². The van der Waals surface area contributed by atoms with E-state index in [2.05, 4.69) is 0 Å². The molecule has 1 aromatic heterocycles. The molecule has 0 spiro atoms. The van der Waals surface area contributed by atoms with E-state index in [4.69, 9.17) is 0 Å². The van der Waals surface area contributed by atoms with Crippen LogP contribution in [0.4, 0.5) is 4.39 Å². The van der Waals surface area contributed by atoms with Gasteiger partial charge in [-0.05, 0) is 25.5 Å². The minimum absolute atomic E-state index is 0.0635. The molecule has 2 rings (SSSR count). The van der Waals surface area contributed by atoms with Gasteiger partial charge >= 0.3 is 0 Å². The topological polar surface area (TPSA) is 25.2 Å². The first-order chi connectivity index (χ1) is 7.41. The third-order valence-electron chi connectivity index (χ3n) is 3.19. The first-order valence-corrected chi connectivity index (χ1v) is 5.51. The Labute approximate surface area is 94.9 Å². The van der Waals surface area contributed by atoms with Crippen molar-refractivity contribution in [3.8, 4) is 0 Å². The Morgan fingerprint density at radius 1 is 1.56 bits per heavy atom. The van der Waals surface area contributed by atoms with Crippen LogP contribution >= 0.6 is 0 Å². The Balaban J connectivity index is 2.21. The Morgan fingerprint density at radius 2 is 2.25 bits per heavy atom. The number of halogens is 1. The number of hydrogen-bond donors (Lipinski definition) is 0. The van der Waals surface area contributed by atoms with Crippen LogP contribution in [0.25, 0.3) is 0 Å². The third-order valence-corrected chi connectivity index (χ3v) is 3.19. The van der Waals surface area contributed by atoms with E-state index in [9.17, 15) is 9.18 Å². The van der Waals surface area contributed by atoms with Gasteiger partial charge < -0.3 is 9.47 Å². The van der Waals surface area contributed by atoms with Crippen LogP contribution in [0.15, 0.2) is 12.3 Å². The van der Waals surface area contributed by atoms with E-state index in [1.165, 1.54) is 0 Å². The number of aromatic nitrogens is 1. The van der Waals surface area contributed by atoms with Crippen molar-refractivity contribution in [1.29, 1.82) is 0 Å². The van der Waals surface area contributed by atoms with Gasteiger partial charge in [-0.2, -0.15) is 0 Å². The number of carbonyl (C=O) groups excluding carboxylic acids is 1. The maximum absolute atomic E-state index is 13.7. The standard InChI is InChI=1S/C12H17FN2O/c1-9-4-6-14(3)10(9)11(16)15-7-5-12(2,13)8-15/h4,6H,5,7-8H2,1-3H3/t12-/m0/s1. The third kappa shape index (κ3) is 1.84. The van der Waals surface area contributed by atoms with Crippen LogP contribution < -0.4 is 0 Å². The normalized spacial score (nSPS) is 25.1. The molecule has 88 valence electrons. The summed E-state index contributed by atoms with van der Waals surface area (Å²) in [6.07, 6.45) is 2.29. The Kier molecular flexibility index (Phi) is 2.52. The Bertz CT molecular complexity index is 403. The van der Waals surface area contributed by atoms with Crippen LogP contribution in [0, 0.1) is 6.92 Å². The highest BCUT2D eigenvalue weighted by Gasteiger charge is 2.37. The molecule has 1 fully saturated rings. The van der Waals surface area contributed by atoms with Crippen molar-refractivity contribution in [2.24, 2.45) is 7.05 Å². The minimum atomic E-state index is -1.23. The highest BCUT2D eigenvalue weighted by molar-refractivity contribution is 5.94. The van der Waals surface area contributed by atoms with E-state index >= 15 is 0 Å². The SMILES string of the molecule is Cc1ccn(C)c1C(=O)N1CC[C@](C)(F)C1. The zero-order valence-corrected chi connectivity index (χ0v) is 9.96. The van der Waals surface area contributed by atoms with Crippen LogP contribution in [0.5, 0.6) is 0 Å². The number of amides is 1. The fraction of sp³-hybridized carbons (Fsp3) is 0.583. The summed E-state index contributed by atoms with van der Waals surface area (Å²) in [5, 5.41) is 0. The highest BCUT2D eigenvalue weighted by Crippen LogP contribution is 2.26. The Hall–Kier alpha value is -1.32. The predicted molar refractivity (Wildman–Crippen MR) is 60.2 cm³/mol. The maximum Gasteiger partial charge on any atom is 0.270 e. The molecule has 0 aliphatic carbocycles. The van der Waals surface area contributed by atoms with E-state index in [-0.39, 0.29) is 12.5 Å². The summed E-state index contributed by atoms with van der Waals surface area (Å²) >= 11 is 0. The first kappa shape index (κ1) is 11.2. The zero-order chi connectivity index (χ0) is 11.9. The van der Waals surface area contributed by atoms with Crippen LogP contribution in [0.1, 0.15) is 29.4 Å². The maximum atomic E-state index is 13.7. The van der Waals surface area contributed by atoms with Crippen molar-refractivity contribution in [3.63, 3.8) is 0 Å².